The van der Waals surface area contributed by atoms with E-state index in [9.17, 15) is 5.11 Å². The topological polar surface area (TPSA) is 37.5 Å². The predicted octanol–water partition coefficient (Wildman–Crippen LogP) is 5.51. The second-order valence-electron chi connectivity index (χ2n) is 7.74. The Morgan fingerprint density at radius 3 is 2.11 bits per heavy atom. The number of fused-ring (bicyclic) bond motifs is 1. The average molecular weight is 356 g/mol. The van der Waals surface area contributed by atoms with Crippen LogP contribution in [0.1, 0.15) is 30.5 Å². The summed E-state index contributed by atoms with van der Waals surface area (Å²) in [5, 5.41) is 10.2. The number of aliphatic hydroxyl groups is 1. The molecule has 0 aliphatic heterocycles. The third-order valence-electron chi connectivity index (χ3n) is 5.18. The molecule has 0 bridgehead atoms. The molecule has 0 amide bonds. The number of pyridine rings is 1. The summed E-state index contributed by atoms with van der Waals surface area (Å²) >= 11 is 0. The van der Waals surface area contributed by atoms with Crippen molar-refractivity contribution in [2.45, 2.75) is 33.3 Å². The van der Waals surface area contributed by atoms with Gasteiger partial charge in [-0.25, -0.2) is 4.98 Å². The van der Waals surface area contributed by atoms with Gasteiger partial charge in [-0.05, 0) is 61.6 Å². The number of hydrogen-bond donors (Lipinski definition) is 1. The van der Waals surface area contributed by atoms with Gasteiger partial charge in [0.25, 0.3) is 0 Å². The molecular weight excluding hydrogens is 332 g/mol. The first-order valence-corrected chi connectivity index (χ1v) is 9.21. The Kier molecular flexibility index (Phi) is 4.12. The molecule has 4 rings (SSSR count). The van der Waals surface area contributed by atoms with Crippen molar-refractivity contribution in [3.05, 3.63) is 83.7 Å². The van der Waals surface area contributed by atoms with Gasteiger partial charge in [0, 0.05) is 18.0 Å². The maximum absolute atomic E-state index is 10.2. The van der Waals surface area contributed by atoms with Crippen LogP contribution >= 0.6 is 0 Å². The summed E-state index contributed by atoms with van der Waals surface area (Å²) in [5.41, 5.74) is 7.92. The van der Waals surface area contributed by atoms with Gasteiger partial charge in [0.2, 0.25) is 0 Å². The van der Waals surface area contributed by atoms with Gasteiger partial charge in [-0.1, -0.05) is 48.5 Å². The molecular formula is C24H24N2O. The van der Waals surface area contributed by atoms with E-state index in [1.807, 2.05) is 28.9 Å². The largest absolute Gasteiger partial charge is 0.386 e. The molecule has 0 unspecified atom stereocenters. The SMILES string of the molecule is Cc1ccc(-c2ccc(-c3cn4cc(C(C)(C)O)ccc4n3)cc2)cc1C. The minimum Gasteiger partial charge on any atom is -0.386 e. The monoisotopic (exact) mass is 356 g/mol. The van der Waals surface area contributed by atoms with Crippen LogP contribution in [0, 0.1) is 13.8 Å². The molecule has 136 valence electrons. The Bertz CT molecular complexity index is 1120. The van der Waals surface area contributed by atoms with Crippen molar-refractivity contribution in [3.63, 3.8) is 0 Å². The van der Waals surface area contributed by atoms with Crippen LogP contribution in [0.2, 0.25) is 0 Å². The summed E-state index contributed by atoms with van der Waals surface area (Å²) in [7, 11) is 0. The van der Waals surface area contributed by atoms with Crippen molar-refractivity contribution >= 4 is 5.65 Å². The maximum atomic E-state index is 10.2. The molecule has 4 aromatic rings. The highest BCUT2D eigenvalue weighted by atomic mass is 16.3. The molecule has 3 nitrogen and oxygen atoms in total. The highest BCUT2D eigenvalue weighted by molar-refractivity contribution is 5.70. The van der Waals surface area contributed by atoms with Crippen molar-refractivity contribution in [1.82, 2.24) is 9.38 Å². The van der Waals surface area contributed by atoms with E-state index < -0.39 is 5.60 Å². The third kappa shape index (κ3) is 3.38. The van der Waals surface area contributed by atoms with Crippen LogP contribution in [-0.2, 0) is 5.60 Å². The van der Waals surface area contributed by atoms with E-state index in [2.05, 4.69) is 56.3 Å². The Morgan fingerprint density at radius 2 is 1.44 bits per heavy atom. The van der Waals surface area contributed by atoms with Crippen LogP contribution in [0.15, 0.2) is 67.0 Å². The molecule has 0 saturated heterocycles. The Labute approximate surface area is 160 Å². The first-order chi connectivity index (χ1) is 12.8. The lowest BCUT2D eigenvalue weighted by Crippen LogP contribution is -2.15. The summed E-state index contributed by atoms with van der Waals surface area (Å²) < 4.78 is 1.97. The highest BCUT2D eigenvalue weighted by Crippen LogP contribution is 2.27. The predicted molar refractivity (Wildman–Crippen MR) is 111 cm³/mol. The minimum absolute atomic E-state index is 0.865. The lowest BCUT2D eigenvalue weighted by molar-refractivity contribution is 0.0781. The molecule has 3 heteroatoms. The number of imidazole rings is 1. The summed E-state index contributed by atoms with van der Waals surface area (Å²) in [6, 6.07) is 19.0. The zero-order valence-corrected chi connectivity index (χ0v) is 16.2. The number of hydrogen-bond acceptors (Lipinski definition) is 2. The number of nitrogens with zero attached hydrogens (tertiary/aromatic N) is 2. The standard InChI is InChI=1S/C24H24N2O/c1-16-5-6-20(13-17(16)2)18-7-9-19(10-8-18)22-15-26-14-21(24(3,4)27)11-12-23(26)25-22/h5-15,27H,1-4H3. The third-order valence-corrected chi connectivity index (χ3v) is 5.18. The summed E-state index contributed by atoms with van der Waals surface area (Å²) in [6.07, 6.45) is 3.95. The lowest BCUT2D eigenvalue weighted by Gasteiger charge is -2.17. The quantitative estimate of drug-likeness (QED) is 0.525. The second-order valence-corrected chi connectivity index (χ2v) is 7.74. The van der Waals surface area contributed by atoms with E-state index in [1.54, 1.807) is 13.8 Å². The van der Waals surface area contributed by atoms with Gasteiger partial charge in [0.05, 0.1) is 11.3 Å². The molecule has 1 N–H and O–H groups in total. The molecule has 0 saturated carbocycles. The number of benzene rings is 2. The Balaban J connectivity index is 1.68. The van der Waals surface area contributed by atoms with Crippen molar-refractivity contribution in [2.75, 3.05) is 0 Å². The summed E-state index contributed by atoms with van der Waals surface area (Å²) in [4.78, 5) is 4.72. The molecule has 0 atom stereocenters. The fraction of sp³-hybridized carbons (Fsp3) is 0.208. The first kappa shape index (κ1) is 17.5. The number of aromatic nitrogens is 2. The van der Waals surface area contributed by atoms with Gasteiger partial charge in [-0.2, -0.15) is 0 Å². The maximum Gasteiger partial charge on any atom is 0.137 e. The van der Waals surface area contributed by atoms with Crippen LogP contribution in [-0.4, -0.2) is 14.5 Å². The second kappa shape index (κ2) is 6.36. The summed E-state index contributed by atoms with van der Waals surface area (Å²) in [5.74, 6) is 0. The van der Waals surface area contributed by atoms with Gasteiger partial charge >= 0.3 is 0 Å². The molecule has 0 fully saturated rings. The molecule has 2 aromatic carbocycles. The molecule has 0 aliphatic carbocycles. The van der Waals surface area contributed by atoms with Crippen LogP contribution in [0.4, 0.5) is 0 Å². The minimum atomic E-state index is -0.869. The average Bonchev–Trinajstić information content (AvgIpc) is 3.07. The first-order valence-electron chi connectivity index (χ1n) is 9.21. The fourth-order valence-electron chi connectivity index (χ4n) is 3.25. The number of aryl methyl sites for hydroxylation is 2. The zero-order valence-electron chi connectivity index (χ0n) is 16.2. The van der Waals surface area contributed by atoms with Crippen molar-refractivity contribution < 1.29 is 5.11 Å². The Morgan fingerprint density at radius 1 is 0.778 bits per heavy atom. The Hall–Kier alpha value is -2.91. The lowest BCUT2D eigenvalue weighted by atomic mass is 9.99. The van der Waals surface area contributed by atoms with Crippen LogP contribution in [0.25, 0.3) is 28.0 Å². The van der Waals surface area contributed by atoms with Gasteiger partial charge in [-0.15, -0.1) is 0 Å². The molecule has 0 spiro atoms. The highest BCUT2D eigenvalue weighted by Gasteiger charge is 2.17. The van der Waals surface area contributed by atoms with Crippen molar-refractivity contribution in [3.8, 4) is 22.4 Å². The molecule has 0 radical (unpaired) electrons. The smallest absolute Gasteiger partial charge is 0.137 e. The van der Waals surface area contributed by atoms with E-state index in [0.717, 1.165) is 22.5 Å². The van der Waals surface area contributed by atoms with Gasteiger partial charge in [0.1, 0.15) is 5.65 Å². The van der Waals surface area contributed by atoms with E-state index in [1.165, 1.54) is 22.3 Å². The molecule has 2 heterocycles. The van der Waals surface area contributed by atoms with Gasteiger partial charge < -0.3 is 9.51 Å². The van der Waals surface area contributed by atoms with E-state index in [-0.39, 0.29) is 0 Å². The van der Waals surface area contributed by atoms with Crippen LogP contribution in [0.5, 0.6) is 0 Å². The van der Waals surface area contributed by atoms with Crippen LogP contribution in [0.3, 0.4) is 0 Å². The molecule has 27 heavy (non-hydrogen) atoms. The van der Waals surface area contributed by atoms with Gasteiger partial charge in [-0.3, -0.25) is 0 Å². The zero-order chi connectivity index (χ0) is 19.2. The van der Waals surface area contributed by atoms with E-state index >= 15 is 0 Å². The summed E-state index contributed by atoms with van der Waals surface area (Å²) in [6.45, 7) is 7.86. The van der Waals surface area contributed by atoms with Crippen molar-refractivity contribution in [1.29, 1.82) is 0 Å². The van der Waals surface area contributed by atoms with Crippen LogP contribution < -0.4 is 0 Å². The normalized spacial score (nSPS) is 11.9. The van der Waals surface area contributed by atoms with Crippen molar-refractivity contribution in [2.24, 2.45) is 0 Å². The molecule has 0 aliphatic rings. The fourth-order valence-corrected chi connectivity index (χ4v) is 3.25. The molecule has 2 aromatic heterocycles. The van der Waals surface area contributed by atoms with E-state index in [4.69, 9.17) is 4.98 Å². The number of rotatable bonds is 3. The van der Waals surface area contributed by atoms with Gasteiger partial charge in [0.15, 0.2) is 0 Å². The van der Waals surface area contributed by atoms with E-state index in [0.29, 0.717) is 0 Å².